The average Bonchev–Trinajstić information content (AvgIpc) is 2.86. The van der Waals surface area contributed by atoms with Crippen LogP contribution in [0.15, 0.2) is 95.2 Å². The molecule has 0 fully saturated rings. The molecule has 8 heteroatoms. The molecule has 0 aromatic heterocycles. The van der Waals surface area contributed by atoms with E-state index in [-0.39, 0.29) is 28.7 Å². The molecule has 2 N–H and O–H groups in total. The van der Waals surface area contributed by atoms with Gasteiger partial charge in [0.15, 0.2) is 5.76 Å². The summed E-state index contributed by atoms with van der Waals surface area (Å²) in [5.74, 6) is -0.530. The highest BCUT2D eigenvalue weighted by Gasteiger charge is 2.47. The Balaban J connectivity index is 1.79. The van der Waals surface area contributed by atoms with Crippen LogP contribution < -0.4 is 14.8 Å². The van der Waals surface area contributed by atoms with E-state index in [1.807, 2.05) is 36.4 Å². The molecule has 0 saturated carbocycles. The lowest BCUT2D eigenvalue weighted by Gasteiger charge is -2.38. The fourth-order valence-electron chi connectivity index (χ4n) is 4.45. The summed E-state index contributed by atoms with van der Waals surface area (Å²) in [6, 6.07) is 25.5. The van der Waals surface area contributed by atoms with Crippen molar-refractivity contribution in [2.75, 3.05) is 11.4 Å². The predicted octanol–water partition coefficient (Wildman–Crippen LogP) is 4.22. The number of nitrogens with two attached hydrogens (primary N) is 1. The van der Waals surface area contributed by atoms with Crippen LogP contribution in [-0.2, 0) is 21.3 Å². The molecule has 0 spiro atoms. The quantitative estimate of drug-likeness (QED) is 0.611. The number of hydrogen-bond donors (Lipinski definition) is 1. The molecule has 3 aromatic carbocycles. The van der Waals surface area contributed by atoms with E-state index in [0.717, 1.165) is 5.56 Å². The molecule has 0 aliphatic carbocycles. The molecule has 0 bridgehead atoms. The maximum atomic E-state index is 14.2. The summed E-state index contributed by atoms with van der Waals surface area (Å²) < 4.78 is 41.2. The number of ether oxygens (including phenoxy) is 2. The number of methoxy groups -OCH3 is 1. The van der Waals surface area contributed by atoms with Crippen molar-refractivity contribution in [1.82, 2.24) is 0 Å². The Bertz CT molecular complexity index is 1490. The summed E-state index contributed by atoms with van der Waals surface area (Å²) in [6.07, 6.45) is 0. The molecular weight excluding hydrogens is 450 g/mol. The van der Waals surface area contributed by atoms with Gasteiger partial charge in [-0.1, -0.05) is 60.7 Å². The zero-order valence-electron chi connectivity index (χ0n) is 18.3. The summed E-state index contributed by atoms with van der Waals surface area (Å²) in [7, 11) is -2.63. The lowest BCUT2D eigenvalue weighted by molar-refractivity contribution is 0.355. The van der Waals surface area contributed by atoms with Crippen LogP contribution in [0.3, 0.4) is 0 Å². The van der Waals surface area contributed by atoms with Crippen LogP contribution in [-0.4, -0.2) is 15.5 Å². The Labute approximate surface area is 198 Å². The molecule has 2 aliphatic heterocycles. The van der Waals surface area contributed by atoms with Gasteiger partial charge in [0.2, 0.25) is 5.88 Å². The van der Waals surface area contributed by atoms with Crippen LogP contribution in [0.4, 0.5) is 5.69 Å². The first kappa shape index (κ1) is 21.6. The van der Waals surface area contributed by atoms with Crippen LogP contribution in [0.25, 0.3) is 5.76 Å². The van der Waals surface area contributed by atoms with Crippen LogP contribution in [0.5, 0.6) is 5.75 Å². The van der Waals surface area contributed by atoms with Gasteiger partial charge in [0.05, 0.1) is 25.3 Å². The lowest BCUT2D eigenvalue weighted by atomic mass is 9.87. The molecule has 7 nitrogen and oxygen atoms in total. The third-order valence-electron chi connectivity index (χ3n) is 5.98. The zero-order valence-corrected chi connectivity index (χ0v) is 19.1. The van der Waals surface area contributed by atoms with Crippen molar-refractivity contribution in [3.8, 4) is 11.8 Å². The third kappa shape index (κ3) is 3.29. The van der Waals surface area contributed by atoms with Gasteiger partial charge in [0, 0.05) is 11.1 Å². The van der Waals surface area contributed by atoms with E-state index in [9.17, 15) is 13.7 Å². The summed E-state index contributed by atoms with van der Waals surface area (Å²) >= 11 is 0. The van der Waals surface area contributed by atoms with E-state index < -0.39 is 15.9 Å². The maximum Gasteiger partial charge on any atom is 0.265 e. The predicted molar refractivity (Wildman–Crippen MR) is 129 cm³/mol. The molecule has 34 heavy (non-hydrogen) atoms. The smallest absolute Gasteiger partial charge is 0.265 e. The Morgan fingerprint density at radius 1 is 1.03 bits per heavy atom. The zero-order chi connectivity index (χ0) is 23.9. The number of fused-ring (bicyclic) bond motifs is 2. The second-order valence-electron chi connectivity index (χ2n) is 7.87. The molecule has 0 amide bonds. The molecule has 2 heterocycles. The van der Waals surface area contributed by atoms with Crippen molar-refractivity contribution in [3.63, 3.8) is 0 Å². The summed E-state index contributed by atoms with van der Waals surface area (Å²) in [5, 5.41) is 9.97. The van der Waals surface area contributed by atoms with Crippen molar-refractivity contribution in [3.05, 3.63) is 112 Å². The first-order valence-electron chi connectivity index (χ1n) is 10.6. The summed E-state index contributed by atoms with van der Waals surface area (Å²) in [6.45, 7) is 0.122. The van der Waals surface area contributed by atoms with Crippen molar-refractivity contribution in [1.29, 1.82) is 5.26 Å². The second kappa shape index (κ2) is 8.28. The number of allylic oxidation sites excluding steroid dienone is 2. The van der Waals surface area contributed by atoms with Crippen molar-refractivity contribution in [2.45, 2.75) is 12.5 Å². The molecule has 3 aromatic rings. The number of benzene rings is 3. The fourth-order valence-corrected chi connectivity index (χ4v) is 6.35. The molecule has 1 atom stereocenters. The van der Waals surface area contributed by atoms with Gasteiger partial charge in [0.1, 0.15) is 22.3 Å². The van der Waals surface area contributed by atoms with Crippen LogP contribution in [0.1, 0.15) is 22.6 Å². The van der Waals surface area contributed by atoms with E-state index in [0.29, 0.717) is 22.6 Å². The number of rotatable bonds is 4. The van der Waals surface area contributed by atoms with Crippen LogP contribution in [0.2, 0.25) is 0 Å². The average molecular weight is 472 g/mol. The third-order valence-corrected chi connectivity index (χ3v) is 7.86. The van der Waals surface area contributed by atoms with Gasteiger partial charge in [-0.3, -0.25) is 4.31 Å². The van der Waals surface area contributed by atoms with Crippen LogP contribution in [0, 0.1) is 11.3 Å². The normalized spacial score (nSPS) is 18.5. The van der Waals surface area contributed by atoms with Crippen molar-refractivity contribution < 1.29 is 17.9 Å². The highest BCUT2D eigenvalue weighted by Crippen LogP contribution is 2.52. The molecule has 0 unspecified atom stereocenters. The fraction of sp³-hybridized carbons (Fsp3) is 0.115. The van der Waals surface area contributed by atoms with E-state index in [1.165, 1.54) is 11.4 Å². The SMILES string of the molecule is COc1ccccc1[C@@H]1C(C#N)=C(N)OC2=C1S(=O)(=O)N(Cc1ccccc1)c1ccccc12. The molecule has 2 aliphatic rings. The minimum Gasteiger partial charge on any atom is -0.496 e. The Morgan fingerprint density at radius 3 is 2.44 bits per heavy atom. The minimum absolute atomic E-state index is 0.0193. The first-order valence-corrected chi connectivity index (χ1v) is 12.0. The van der Waals surface area contributed by atoms with Gasteiger partial charge in [-0.25, -0.2) is 8.42 Å². The molecule has 5 rings (SSSR count). The van der Waals surface area contributed by atoms with Gasteiger partial charge >= 0.3 is 0 Å². The molecule has 0 radical (unpaired) electrons. The highest BCUT2D eigenvalue weighted by molar-refractivity contribution is 7.96. The maximum absolute atomic E-state index is 14.2. The highest BCUT2D eigenvalue weighted by atomic mass is 32.2. The number of nitrogens with zero attached hydrogens (tertiary/aromatic N) is 2. The van der Waals surface area contributed by atoms with Gasteiger partial charge in [-0.2, -0.15) is 5.26 Å². The topological polar surface area (TPSA) is 106 Å². The number of nitriles is 1. The first-order chi connectivity index (χ1) is 16.5. The Morgan fingerprint density at radius 2 is 1.71 bits per heavy atom. The largest absolute Gasteiger partial charge is 0.496 e. The number of hydrogen-bond acceptors (Lipinski definition) is 6. The Kier molecular flexibility index (Phi) is 5.27. The summed E-state index contributed by atoms with van der Waals surface area (Å²) in [5.41, 5.74) is 8.60. The van der Waals surface area contributed by atoms with E-state index >= 15 is 0 Å². The van der Waals surface area contributed by atoms with Gasteiger partial charge in [-0.05, 0) is 23.8 Å². The van der Waals surface area contributed by atoms with Gasteiger partial charge in [0.25, 0.3) is 10.0 Å². The second-order valence-corrected chi connectivity index (χ2v) is 9.71. The van der Waals surface area contributed by atoms with Gasteiger partial charge in [-0.15, -0.1) is 0 Å². The van der Waals surface area contributed by atoms with E-state index in [2.05, 4.69) is 6.07 Å². The van der Waals surface area contributed by atoms with Crippen molar-refractivity contribution in [2.24, 2.45) is 5.73 Å². The minimum atomic E-state index is -4.13. The monoisotopic (exact) mass is 471 g/mol. The molecule has 170 valence electrons. The van der Waals surface area contributed by atoms with E-state index in [1.54, 1.807) is 42.5 Å². The van der Waals surface area contributed by atoms with Gasteiger partial charge < -0.3 is 15.2 Å². The number of para-hydroxylation sites is 2. The van der Waals surface area contributed by atoms with Crippen molar-refractivity contribution >= 4 is 21.5 Å². The summed E-state index contributed by atoms with van der Waals surface area (Å²) in [4.78, 5) is -0.0302. The molecular formula is C26H21N3O4S. The number of sulfonamides is 1. The van der Waals surface area contributed by atoms with E-state index in [4.69, 9.17) is 15.2 Å². The lowest BCUT2D eigenvalue weighted by Crippen LogP contribution is -2.39. The standard InChI is InChI=1S/C26H21N3O4S/c1-32-22-14-8-6-12-19(22)23-20(15-27)26(28)33-24-18-11-5-7-13-21(18)29(34(30,31)25(23)24)16-17-9-3-2-4-10-17/h2-14,23H,16,28H2,1H3/t23-/m1/s1. The molecule has 0 saturated heterocycles. The van der Waals surface area contributed by atoms with Crippen LogP contribution >= 0.6 is 0 Å². The Hall–Kier alpha value is -4.22. The number of anilines is 1.